The number of nitrogens with zero attached hydrogens (tertiary/aromatic N) is 2. The molecule has 0 saturated carbocycles. The van der Waals surface area contributed by atoms with Gasteiger partial charge in [0.1, 0.15) is 18.3 Å². The molecule has 0 spiro atoms. The number of benzene rings is 3. The summed E-state index contributed by atoms with van der Waals surface area (Å²) in [5, 5.41) is 3.42. The van der Waals surface area contributed by atoms with Gasteiger partial charge in [-0.3, -0.25) is 13.9 Å². The lowest BCUT2D eigenvalue weighted by Gasteiger charge is -2.33. The highest BCUT2D eigenvalue weighted by Gasteiger charge is 2.33. The Bertz CT molecular complexity index is 1400. The molecule has 0 radical (unpaired) electrons. The normalized spacial score (nSPS) is 11.9. The molecular weight excluding hydrogens is 550 g/mol. The molecular formula is C30H36ClN3O5S. The summed E-state index contributed by atoms with van der Waals surface area (Å²) in [6, 6.07) is 19.1. The summed E-state index contributed by atoms with van der Waals surface area (Å²) in [5.41, 5.74) is 1.93. The van der Waals surface area contributed by atoms with E-state index in [-0.39, 0.29) is 23.0 Å². The maximum Gasteiger partial charge on any atom is 0.264 e. The van der Waals surface area contributed by atoms with Crippen LogP contribution in [0.25, 0.3) is 0 Å². The number of sulfonamides is 1. The standard InChI is InChI=1S/C30H36ClN3O5S/c1-5-18-32-30(36)28(6-2)33(20-23-12-14-24(31)15-13-23)29(35)21-34(25-8-7-9-26(19-25)39-4)40(37,38)27-16-10-22(3)11-17-27/h7-17,19,28H,5-6,18,20-21H2,1-4H3,(H,32,36). The third-order valence-electron chi connectivity index (χ3n) is 6.43. The zero-order valence-corrected chi connectivity index (χ0v) is 24.8. The average Bonchev–Trinajstić information content (AvgIpc) is 2.95. The maximum absolute atomic E-state index is 14.0. The Hall–Kier alpha value is -3.56. The first-order valence-electron chi connectivity index (χ1n) is 13.2. The van der Waals surface area contributed by atoms with Crippen LogP contribution < -0.4 is 14.4 Å². The molecule has 1 unspecified atom stereocenters. The number of hydrogen-bond acceptors (Lipinski definition) is 5. The van der Waals surface area contributed by atoms with E-state index in [1.165, 1.54) is 24.1 Å². The summed E-state index contributed by atoms with van der Waals surface area (Å²) in [4.78, 5) is 28.7. The first-order valence-corrected chi connectivity index (χ1v) is 15.0. The Labute approximate surface area is 241 Å². The van der Waals surface area contributed by atoms with Crippen LogP contribution >= 0.6 is 11.6 Å². The summed E-state index contributed by atoms with van der Waals surface area (Å²) in [5.74, 6) is -0.370. The van der Waals surface area contributed by atoms with E-state index in [1.807, 2.05) is 20.8 Å². The molecule has 0 aliphatic heterocycles. The van der Waals surface area contributed by atoms with Crippen LogP contribution in [0.2, 0.25) is 5.02 Å². The van der Waals surface area contributed by atoms with Gasteiger partial charge in [0.05, 0.1) is 17.7 Å². The van der Waals surface area contributed by atoms with E-state index in [0.717, 1.165) is 21.9 Å². The summed E-state index contributed by atoms with van der Waals surface area (Å²) in [7, 11) is -2.67. The van der Waals surface area contributed by atoms with Crippen molar-refractivity contribution in [3.05, 3.63) is 88.9 Å². The van der Waals surface area contributed by atoms with Gasteiger partial charge in [-0.25, -0.2) is 8.42 Å². The topological polar surface area (TPSA) is 96.0 Å². The SMILES string of the molecule is CCCNC(=O)C(CC)N(Cc1ccc(Cl)cc1)C(=O)CN(c1cccc(OC)c1)S(=O)(=O)c1ccc(C)cc1. The fraction of sp³-hybridized carbons (Fsp3) is 0.333. The number of amides is 2. The molecule has 10 heteroatoms. The van der Waals surface area contributed by atoms with Crippen LogP contribution in [0.3, 0.4) is 0 Å². The zero-order valence-electron chi connectivity index (χ0n) is 23.3. The Morgan fingerprint density at radius 1 is 1.00 bits per heavy atom. The predicted molar refractivity (Wildman–Crippen MR) is 158 cm³/mol. The molecule has 0 aliphatic carbocycles. The predicted octanol–water partition coefficient (Wildman–Crippen LogP) is 5.19. The number of methoxy groups -OCH3 is 1. The van der Waals surface area contributed by atoms with Crippen LogP contribution in [0.5, 0.6) is 5.75 Å². The lowest BCUT2D eigenvalue weighted by molar-refractivity contribution is -0.140. The molecule has 3 aromatic rings. The Balaban J connectivity index is 2.06. The number of carbonyl (C=O) groups excluding carboxylic acids is 2. The van der Waals surface area contributed by atoms with Gasteiger partial charge < -0.3 is 15.0 Å². The van der Waals surface area contributed by atoms with Crippen LogP contribution in [-0.4, -0.2) is 51.4 Å². The monoisotopic (exact) mass is 585 g/mol. The smallest absolute Gasteiger partial charge is 0.264 e. The largest absolute Gasteiger partial charge is 0.497 e. The van der Waals surface area contributed by atoms with Crippen molar-refractivity contribution in [1.29, 1.82) is 0 Å². The van der Waals surface area contributed by atoms with Crippen molar-refractivity contribution >= 4 is 39.1 Å². The number of anilines is 1. The van der Waals surface area contributed by atoms with E-state index in [4.69, 9.17) is 16.3 Å². The van der Waals surface area contributed by atoms with Crippen LogP contribution in [0, 0.1) is 6.92 Å². The minimum absolute atomic E-state index is 0.0469. The van der Waals surface area contributed by atoms with E-state index < -0.39 is 28.5 Å². The molecule has 2 amide bonds. The second kappa shape index (κ2) is 14.2. The molecule has 1 atom stereocenters. The van der Waals surface area contributed by atoms with Gasteiger partial charge in [-0.05, 0) is 61.7 Å². The van der Waals surface area contributed by atoms with Gasteiger partial charge in [0.25, 0.3) is 10.0 Å². The number of hydrogen-bond donors (Lipinski definition) is 1. The van der Waals surface area contributed by atoms with E-state index in [9.17, 15) is 18.0 Å². The van der Waals surface area contributed by atoms with Crippen LogP contribution in [-0.2, 0) is 26.2 Å². The number of halogens is 1. The van der Waals surface area contributed by atoms with E-state index >= 15 is 0 Å². The lowest BCUT2D eigenvalue weighted by Crippen LogP contribution is -2.52. The van der Waals surface area contributed by atoms with E-state index in [2.05, 4.69) is 5.32 Å². The highest BCUT2D eigenvalue weighted by Crippen LogP contribution is 2.28. The molecule has 0 fully saturated rings. The van der Waals surface area contributed by atoms with Gasteiger partial charge in [0.15, 0.2) is 0 Å². The van der Waals surface area contributed by atoms with Crippen molar-refractivity contribution < 1.29 is 22.7 Å². The molecule has 0 saturated heterocycles. The first kappa shape index (κ1) is 31.0. The minimum atomic E-state index is -4.16. The molecule has 214 valence electrons. The maximum atomic E-state index is 14.0. The molecule has 1 N–H and O–H groups in total. The third kappa shape index (κ3) is 7.76. The first-order chi connectivity index (χ1) is 19.1. The van der Waals surface area contributed by atoms with Gasteiger partial charge in [0.2, 0.25) is 11.8 Å². The van der Waals surface area contributed by atoms with Crippen molar-refractivity contribution in [1.82, 2.24) is 10.2 Å². The fourth-order valence-electron chi connectivity index (χ4n) is 4.20. The van der Waals surface area contributed by atoms with Crippen molar-refractivity contribution in [2.45, 2.75) is 51.1 Å². The van der Waals surface area contributed by atoms with Crippen molar-refractivity contribution in [3.63, 3.8) is 0 Å². The molecule has 3 rings (SSSR count). The van der Waals surface area contributed by atoms with Crippen LogP contribution in [0.1, 0.15) is 37.8 Å². The number of ether oxygens (including phenoxy) is 1. The second-order valence-corrected chi connectivity index (χ2v) is 11.7. The molecule has 0 heterocycles. The van der Waals surface area contributed by atoms with Gasteiger partial charge >= 0.3 is 0 Å². The quantitative estimate of drug-likeness (QED) is 0.298. The summed E-state index contributed by atoms with van der Waals surface area (Å²) in [6.45, 7) is 5.68. The van der Waals surface area contributed by atoms with E-state index in [0.29, 0.717) is 23.7 Å². The summed E-state index contributed by atoms with van der Waals surface area (Å²) >= 11 is 6.06. The average molecular weight is 586 g/mol. The van der Waals surface area contributed by atoms with Crippen LogP contribution in [0.4, 0.5) is 5.69 Å². The number of nitrogens with one attached hydrogen (secondary N) is 1. The van der Waals surface area contributed by atoms with Crippen molar-refractivity contribution in [3.8, 4) is 5.75 Å². The molecule has 0 aromatic heterocycles. The number of aryl methyl sites for hydroxylation is 1. The second-order valence-electron chi connectivity index (χ2n) is 9.39. The van der Waals surface area contributed by atoms with Gasteiger partial charge in [-0.2, -0.15) is 0 Å². The Morgan fingerprint density at radius 3 is 2.27 bits per heavy atom. The highest BCUT2D eigenvalue weighted by molar-refractivity contribution is 7.92. The fourth-order valence-corrected chi connectivity index (χ4v) is 5.74. The molecule has 0 bridgehead atoms. The van der Waals surface area contributed by atoms with Gasteiger partial charge in [-0.15, -0.1) is 0 Å². The summed E-state index contributed by atoms with van der Waals surface area (Å²) in [6.07, 6.45) is 1.09. The number of rotatable bonds is 13. The molecule has 0 aliphatic rings. The minimum Gasteiger partial charge on any atom is -0.497 e. The zero-order chi connectivity index (χ0) is 29.3. The summed E-state index contributed by atoms with van der Waals surface area (Å²) < 4.78 is 34.3. The third-order valence-corrected chi connectivity index (χ3v) is 8.47. The van der Waals surface area contributed by atoms with Gasteiger partial charge in [-0.1, -0.05) is 61.3 Å². The van der Waals surface area contributed by atoms with E-state index in [1.54, 1.807) is 60.7 Å². The molecule has 40 heavy (non-hydrogen) atoms. The Morgan fingerprint density at radius 2 is 1.68 bits per heavy atom. The lowest BCUT2D eigenvalue weighted by atomic mass is 10.1. The highest BCUT2D eigenvalue weighted by atomic mass is 35.5. The Kier molecular flexibility index (Phi) is 11.0. The molecule has 8 nitrogen and oxygen atoms in total. The van der Waals surface area contributed by atoms with Crippen molar-refractivity contribution in [2.24, 2.45) is 0 Å². The van der Waals surface area contributed by atoms with Crippen molar-refractivity contribution in [2.75, 3.05) is 24.5 Å². The van der Waals surface area contributed by atoms with Crippen LogP contribution in [0.15, 0.2) is 77.7 Å². The molecule has 3 aromatic carbocycles. The van der Waals surface area contributed by atoms with Gasteiger partial charge in [0, 0.05) is 24.2 Å². The number of carbonyl (C=O) groups is 2.